The first-order chi connectivity index (χ1) is 14.3. The number of halogens is 5. The number of ether oxygens (including phenoxy) is 1. The summed E-state index contributed by atoms with van der Waals surface area (Å²) in [6, 6.07) is 6.98. The highest BCUT2D eigenvalue weighted by Gasteiger charge is 2.50. The highest BCUT2D eigenvalue weighted by molar-refractivity contribution is 9.18. The van der Waals surface area contributed by atoms with E-state index in [-0.39, 0.29) is 44.3 Å². The van der Waals surface area contributed by atoms with Crippen LogP contribution in [0, 0.1) is 5.92 Å². The van der Waals surface area contributed by atoms with E-state index in [1.165, 1.54) is 0 Å². The summed E-state index contributed by atoms with van der Waals surface area (Å²) in [6.45, 7) is -0.205. The summed E-state index contributed by atoms with van der Waals surface area (Å²) < 4.78 is 46.7. The smallest absolute Gasteiger partial charge is 0.410 e. The van der Waals surface area contributed by atoms with Crippen LogP contribution in [0.2, 0.25) is 0 Å². The van der Waals surface area contributed by atoms with Crippen LogP contribution in [0.3, 0.4) is 0 Å². The van der Waals surface area contributed by atoms with Crippen molar-refractivity contribution in [1.82, 2.24) is 4.90 Å². The molecule has 11 heteroatoms. The van der Waals surface area contributed by atoms with Crippen molar-refractivity contribution in [1.29, 1.82) is 0 Å². The van der Waals surface area contributed by atoms with Crippen molar-refractivity contribution in [2.24, 2.45) is 15.9 Å². The van der Waals surface area contributed by atoms with Crippen molar-refractivity contribution in [2.45, 2.75) is 31.7 Å². The van der Waals surface area contributed by atoms with Crippen LogP contribution in [0.5, 0.6) is 0 Å². The van der Waals surface area contributed by atoms with Crippen LogP contribution < -0.4 is 17.3 Å². The van der Waals surface area contributed by atoms with Gasteiger partial charge in [0.1, 0.15) is 24.5 Å². The van der Waals surface area contributed by atoms with Crippen LogP contribution in [-0.4, -0.2) is 40.7 Å². The molecule has 0 spiro atoms. The zero-order valence-electron chi connectivity index (χ0n) is 16.1. The second-order valence-corrected chi connectivity index (χ2v) is 7.98. The molecule has 1 N–H and O–H groups in total. The predicted octanol–water partition coefficient (Wildman–Crippen LogP) is 0.387. The van der Waals surface area contributed by atoms with Gasteiger partial charge in [-0.15, -0.1) is 0 Å². The molecule has 0 bridgehead atoms. The standard InChI is InChI=1S/C20H18BrF3N4O2.ClH/c21-18-26-17(15-10-25-8-9-27(15)18)14-6-7-16(20(22,23)24)28(11-14)19(29)30-12-13-4-2-1-3-5-13;/h1-5,8-10,14,16H,6-7,11-12H2;1H. The zero-order chi connectivity index (χ0) is 21.3. The molecule has 1 saturated heterocycles. The van der Waals surface area contributed by atoms with Crippen LogP contribution in [0.1, 0.15) is 18.4 Å². The van der Waals surface area contributed by atoms with E-state index in [9.17, 15) is 18.0 Å². The van der Waals surface area contributed by atoms with Crippen LogP contribution >= 0.6 is 15.9 Å². The van der Waals surface area contributed by atoms with Gasteiger partial charge in [0.25, 0.3) is 4.74 Å². The van der Waals surface area contributed by atoms with Crippen LogP contribution in [0.4, 0.5) is 18.0 Å². The van der Waals surface area contributed by atoms with Crippen molar-refractivity contribution < 1.29 is 40.0 Å². The Morgan fingerprint density at radius 1 is 1.26 bits per heavy atom. The molecule has 0 aliphatic carbocycles. The highest BCUT2D eigenvalue weighted by Crippen LogP contribution is 2.37. The maximum atomic E-state index is 13.6. The largest absolute Gasteiger partial charge is 1.00 e. The average Bonchev–Trinajstić information content (AvgIpc) is 3.08. The molecule has 3 aliphatic heterocycles. The molecule has 3 unspecified atom stereocenters. The topological polar surface area (TPSA) is 58.7 Å². The van der Waals surface area contributed by atoms with Crippen LogP contribution in [0.15, 0.2) is 64.1 Å². The molecule has 166 valence electrons. The zero-order valence-corrected chi connectivity index (χ0v) is 18.5. The van der Waals surface area contributed by atoms with E-state index in [0.717, 1.165) is 15.5 Å². The first-order valence-corrected chi connectivity index (χ1v) is 10.2. The van der Waals surface area contributed by atoms with Gasteiger partial charge in [0.2, 0.25) is 0 Å². The number of amidine groups is 1. The molecule has 0 aromatic heterocycles. The lowest BCUT2D eigenvalue weighted by Crippen LogP contribution is -3.07. The SMILES string of the molecule is O=C(OCc1ccccc1)N1CC(C2=C3C=NC=C[NH+]3C(Br)=N2)CCC1C(F)(F)F.[Cl-]. The quantitative estimate of drug-likeness (QED) is 0.588. The Labute approximate surface area is 191 Å². The number of allylic oxidation sites excluding steroid dienone is 1. The first-order valence-electron chi connectivity index (χ1n) is 9.44. The van der Waals surface area contributed by atoms with Crippen LogP contribution in [0.25, 0.3) is 0 Å². The first kappa shape index (κ1) is 23.5. The van der Waals surface area contributed by atoms with E-state index in [2.05, 4.69) is 25.9 Å². The summed E-state index contributed by atoms with van der Waals surface area (Å²) in [6.07, 6.45) is -0.369. The monoisotopic (exact) mass is 518 g/mol. The minimum atomic E-state index is -4.53. The number of carbonyl (C=O) groups excluding carboxylic acids is 1. The molecule has 0 radical (unpaired) electrons. The van der Waals surface area contributed by atoms with Crippen LogP contribution in [-0.2, 0) is 11.3 Å². The van der Waals surface area contributed by atoms with Gasteiger partial charge in [-0.1, -0.05) is 30.3 Å². The average molecular weight is 520 g/mol. The maximum absolute atomic E-state index is 13.6. The molecular formula is C20H19BrClF3N4O2. The number of aliphatic imine (C=N–C) groups is 2. The van der Waals surface area contributed by atoms with E-state index in [0.29, 0.717) is 16.0 Å². The third kappa shape index (κ3) is 5.02. The molecule has 1 aromatic carbocycles. The summed E-state index contributed by atoms with van der Waals surface area (Å²) in [7, 11) is 0. The summed E-state index contributed by atoms with van der Waals surface area (Å²) in [5.74, 6) is -0.342. The number of carbonyl (C=O) groups is 1. The summed E-state index contributed by atoms with van der Waals surface area (Å²) in [5.41, 5.74) is 2.13. The van der Waals surface area contributed by atoms with Gasteiger partial charge in [-0.25, -0.2) is 9.69 Å². The molecule has 1 aromatic rings. The Hall–Kier alpha value is -2.17. The molecule has 6 nitrogen and oxygen atoms in total. The number of quaternary nitrogens is 1. The van der Waals surface area contributed by atoms with Gasteiger partial charge < -0.3 is 17.1 Å². The second kappa shape index (κ2) is 9.54. The van der Waals surface area contributed by atoms with Gasteiger partial charge in [0, 0.05) is 28.4 Å². The van der Waals surface area contributed by atoms with Crippen molar-refractivity contribution in [3.05, 3.63) is 59.7 Å². The number of benzene rings is 1. The summed E-state index contributed by atoms with van der Waals surface area (Å²) in [4.78, 5) is 22.9. The maximum Gasteiger partial charge on any atom is 0.410 e. The molecule has 3 aliphatic rings. The molecule has 1 amide bonds. The number of amides is 1. The van der Waals surface area contributed by atoms with Crippen molar-refractivity contribution in [3.63, 3.8) is 0 Å². The minimum absolute atomic E-state index is 0. The lowest BCUT2D eigenvalue weighted by molar-refractivity contribution is -0.685. The van der Waals surface area contributed by atoms with Gasteiger partial charge in [-0.05, 0) is 18.4 Å². The Balaban J connectivity index is 0.00000272. The molecule has 3 heterocycles. The lowest BCUT2D eigenvalue weighted by atomic mass is 9.89. The molecule has 1 fully saturated rings. The van der Waals surface area contributed by atoms with Gasteiger partial charge in [0.05, 0.1) is 12.4 Å². The number of likely N-dealkylation sites (tertiary alicyclic amines) is 1. The molecule has 4 rings (SSSR count). The lowest BCUT2D eigenvalue weighted by Gasteiger charge is -2.39. The number of piperidine rings is 1. The molecule has 3 atom stereocenters. The predicted molar refractivity (Wildman–Crippen MR) is 108 cm³/mol. The van der Waals surface area contributed by atoms with Gasteiger partial charge >= 0.3 is 12.3 Å². The number of hydrogen-bond acceptors (Lipinski definition) is 4. The van der Waals surface area contributed by atoms with E-state index >= 15 is 0 Å². The normalized spacial score (nSPS) is 25.1. The number of nitrogens with one attached hydrogen (secondary N) is 1. The number of nitrogens with zero attached hydrogens (tertiary/aromatic N) is 3. The fraction of sp³-hybridized carbons (Fsp3) is 0.350. The Morgan fingerprint density at radius 2 is 2.00 bits per heavy atom. The van der Waals surface area contributed by atoms with Gasteiger partial charge in [0.15, 0.2) is 5.70 Å². The molecular weight excluding hydrogens is 501 g/mol. The number of alkyl halides is 3. The Kier molecular flexibility index (Phi) is 7.23. The van der Waals surface area contributed by atoms with E-state index in [1.54, 1.807) is 42.9 Å². The van der Waals surface area contributed by atoms with E-state index in [1.807, 2.05) is 6.07 Å². The number of rotatable bonds is 3. The molecule has 0 saturated carbocycles. The number of fused-ring (bicyclic) bond motifs is 1. The van der Waals surface area contributed by atoms with E-state index in [4.69, 9.17) is 4.74 Å². The highest BCUT2D eigenvalue weighted by atomic mass is 79.9. The van der Waals surface area contributed by atoms with Crippen molar-refractivity contribution >= 4 is 33.0 Å². The minimum Gasteiger partial charge on any atom is -1.00 e. The third-order valence-electron chi connectivity index (χ3n) is 5.32. The molecule has 31 heavy (non-hydrogen) atoms. The van der Waals surface area contributed by atoms with Crippen molar-refractivity contribution in [2.75, 3.05) is 6.54 Å². The Morgan fingerprint density at radius 3 is 2.71 bits per heavy atom. The number of hydrogen-bond donors (Lipinski definition) is 1. The van der Waals surface area contributed by atoms with Gasteiger partial charge in [-0.3, -0.25) is 9.89 Å². The Bertz CT molecular complexity index is 949. The second-order valence-electron chi connectivity index (χ2n) is 7.23. The third-order valence-corrected chi connectivity index (χ3v) is 5.93. The summed E-state index contributed by atoms with van der Waals surface area (Å²) >= 11 is 3.40. The van der Waals surface area contributed by atoms with E-state index < -0.39 is 18.3 Å². The summed E-state index contributed by atoms with van der Waals surface area (Å²) in [5, 5.41) is 0. The van der Waals surface area contributed by atoms with Crippen molar-refractivity contribution in [3.8, 4) is 0 Å². The fourth-order valence-electron chi connectivity index (χ4n) is 3.85. The fourth-order valence-corrected chi connectivity index (χ4v) is 4.39. The van der Waals surface area contributed by atoms with Gasteiger partial charge in [-0.2, -0.15) is 18.2 Å².